The normalized spacial score (nSPS) is 12.9. The van der Waals surface area contributed by atoms with Gasteiger partial charge in [0.2, 0.25) is 0 Å². The molecule has 5 rings (SSSR count). The van der Waals surface area contributed by atoms with E-state index in [1.165, 1.54) is 23.4 Å². The van der Waals surface area contributed by atoms with Gasteiger partial charge in [0, 0.05) is 30.5 Å². The summed E-state index contributed by atoms with van der Waals surface area (Å²) < 4.78 is 29.2. The Kier molecular flexibility index (Phi) is 4.58. The minimum Gasteiger partial charge on any atom is -0.383 e. The Labute approximate surface area is 177 Å². The molecule has 0 amide bonds. The highest BCUT2D eigenvalue weighted by molar-refractivity contribution is 5.78. The summed E-state index contributed by atoms with van der Waals surface area (Å²) in [5.74, 6) is -1.67. The number of nitrogens with zero attached hydrogens (tertiary/aromatic N) is 6. The maximum atomic E-state index is 14.4. The van der Waals surface area contributed by atoms with Crippen LogP contribution in [0.2, 0.25) is 0 Å². The Hall–Kier alpha value is -3.88. The largest absolute Gasteiger partial charge is 0.383 e. The zero-order valence-electron chi connectivity index (χ0n) is 16.8. The summed E-state index contributed by atoms with van der Waals surface area (Å²) in [4.78, 5) is 6.64. The molecule has 156 valence electrons. The van der Waals surface area contributed by atoms with Crippen LogP contribution >= 0.6 is 0 Å². The summed E-state index contributed by atoms with van der Waals surface area (Å²) >= 11 is 0. The van der Waals surface area contributed by atoms with Crippen LogP contribution in [0.15, 0.2) is 48.7 Å². The molecule has 9 heteroatoms. The Bertz CT molecular complexity index is 1280. The molecule has 1 aliphatic heterocycles. The zero-order chi connectivity index (χ0) is 21.5. The molecule has 0 radical (unpaired) electrons. The van der Waals surface area contributed by atoms with Crippen LogP contribution < -0.4 is 10.6 Å². The van der Waals surface area contributed by atoms with E-state index in [4.69, 9.17) is 5.73 Å². The highest BCUT2D eigenvalue weighted by atomic mass is 19.2. The van der Waals surface area contributed by atoms with E-state index >= 15 is 0 Å². The second kappa shape index (κ2) is 7.42. The number of nitrogens with two attached hydrogens (primary N) is 1. The van der Waals surface area contributed by atoms with Crippen molar-refractivity contribution in [2.45, 2.75) is 13.3 Å². The van der Waals surface area contributed by atoms with Crippen molar-refractivity contribution in [3.63, 3.8) is 0 Å². The van der Waals surface area contributed by atoms with Crippen molar-refractivity contribution in [3.8, 4) is 28.2 Å². The SMILES string of the molecule is CCN1CCc2cc(-c3cnc(N)c(-c4nnnn4-c4cccc(F)c4F)c3)ccc21. The van der Waals surface area contributed by atoms with Crippen LogP contribution in [0.25, 0.3) is 28.2 Å². The van der Waals surface area contributed by atoms with Gasteiger partial charge in [0.05, 0.1) is 5.56 Å². The molecule has 4 aromatic rings. The predicted octanol–water partition coefficient (Wildman–Crippen LogP) is 3.63. The molecule has 0 fully saturated rings. The van der Waals surface area contributed by atoms with Crippen LogP contribution in [0.3, 0.4) is 0 Å². The molecular weight excluding hydrogens is 400 g/mol. The molecular formula is C22H19F2N7. The first-order chi connectivity index (χ1) is 15.1. The van der Waals surface area contributed by atoms with Crippen LogP contribution in [0.1, 0.15) is 12.5 Å². The monoisotopic (exact) mass is 419 g/mol. The van der Waals surface area contributed by atoms with Crippen molar-refractivity contribution in [3.05, 3.63) is 65.9 Å². The van der Waals surface area contributed by atoms with E-state index in [-0.39, 0.29) is 17.3 Å². The summed E-state index contributed by atoms with van der Waals surface area (Å²) in [7, 11) is 0. The number of hydrogen-bond donors (Lipinski definition) is 1. The smallest absolute Gasteiger partial charge is 0.190 e. The molecule has 2 aromatic heterocycles. The van der Waals surface area contributed by atoms with E-state index in [2.05, 4.69) is 44.5 Å². The van der Waals surface area contributed by atoms with Gasteiger partial charge >= 0.3 is 0 Å². The third-order valence-electron chi connectivity index (χ3n) is 5.57. The van der Waals surface area contributed by atoms with Gasteiger partial charge in [-0.2, -0.15) is 4.68 Å². The second-order valence-electron chi connectivity index (χ2n) is 7.32. The molecule has 2 N–H and O–H groups in total. The maximum absolute atomic E-state index is 14.4. The number of likely N-dealkylation sites (N-methyl/N-ethyl adjacent to an activating group) is 1. The van der Waals surface area contributed by atoms with Crippen molar-refractivity contribution in [2.75, 3.05) is 23.7 Å². The molecule has 3 heterocycles. The van der Waals surface area contributed by atoms with Gasteiger partial charge in [-0.1, -0.05) is 12.1 Å². The summed E-state index contributed by atoms with van der Waals surface area (Å²) in [6, 6.07) is 11.9. The van der Waals surface area contributed by atoms with Gasteiger partial charge in [-0.25, -0.2) is 13.8 Å². The van der Waals surface area contributed by atoms with Crippen molar-refractivity contribution < 1.29 is 8.78 Å². The standard InChI is InChI=1S/C22H19F2N7/c1-2-30-9-8-14-10-13(6-7-18(14)30)15-11-16(21(25)26-12-15)22-27-28-29-31(22)19-5-3-4-17(23)20(19)24/h3-7,10-12H,2,8-9H2,1H3,(H2,25,26). The number of nitrogen functional groups attached to an aromatic ring is 1. The van der Waals surface area contributed by atoms with E-state index < -0.39 is 11.6 Å². The highest BCUT2D eigenvalue weighted by Crippen LogP contribution is 2.34. The molecule has 0 aliphatic carbocycles. The second-order valence-corrected chi connectivity index (χ2v) is 7.32. The number of anilines is 2. The topological polar surface area (TPSA) is 85.8 Å². The Morgan fingerprint density at radius 3 is 2.77 bits per heavy atom. The van der Waals surface area contributed by atoms with E-state index in [9.17, 15) is 8.78 Å². The van der Waals surface area contributed by atoms with Crippen molar-refractivity contribution in [2.24, 2.45) is 0 Å². The summed E-state index contributed by atoms with van der Waals surface area (Å²) in [6.07, 6.45) is 2.67. The van der Waals surface area contributed by atoms with Gasteiger partial charge in [-0.3, -0.25) is 0 Å². The van der Waals surface area contributed by atoms with Gasteiger partial charge in [0.15, 0.2) is 17.5 Å². The number of rotatable bonds is 4. The lowest BCUT2D eigenvalue weighted by Gasteiger charge is -2.16. The first-order valence-corrected chi connectivity index (χ1v) is 9.93. The number of tetrazole rings is 1. The quantitative estimate of drug-likeness (QED) is 0.544. The fourth-order valence-electron chi connectivity index (χ4n) is 3.96. The lowest BCUT2D eigenvalue weighted by atomic mass is 10.0. The van der Waals surface area contributed by atoms with Crippen LogP contribution in [-0.4, -0.2) is 38.3 Å². The van der Waals surface area contributed by atoms with Gasteiger partial charge in [0.1, 0.15) is 11.5 Å². The third kappa shape index (κ3) is 3.18. The Morgan fingerprint density at radius 2 is 1.94 bits per heavy atom. The molecule has 0 bridgehead atoms. The number of fused-ring (bicyclic) bond motifs is 1. The first-order valence-electron chi connectivity index (χ1n) is 9.93. The van der Waals surface area contributed by atoms with Crippen LogP contribution in [-0.2, 0) is 6.42 Å². The fraction of sp³-hybridized carbons (Fsp3) is 0.182. The summed E-state index contributed by atoms with van der Waals surface area (Å²) in [5, 5.41) is 11.5. The van der Waals surface area contributed by atoms with Gasteiger partial charge in [-0.15, -0.1) is 5.10 Å². The number of aromatic nitrogens is 5. The van der Waals surface area contributed by atoms with Crippen LogP contribution in [0.4, 0.5) is 20.3 Å². The minimum atomic E-state index is -1.04. The van der Waals surface area contributed by atoms with Crippen molar-refractivity contribution >= 4 is 11.5 Å². The summed E-state index contributed by atoms with van der Waals surface area (Å²) in [6.45, 7) is 4.12. The summed E-state index contributed by atoms with van der Waals surface area (Å²) in [5.41, 5.74) is 10.8. The number of hydrogen-bond acceptors (Lipinski definition) is 6. The first kappa shape index (κ1) is 19.1. The third-order valence-corrected chi connectivity index (χ3v) is 5.57. The molecule has 0 unspecified atom stereocenters. The molecule has 31 heavy (non-hydrogen) atoms. The molecule has 0 spiro atoms. The highest BCUT2D eigenvalue weighted by Gasteiger charge is 2.21. The molecule has 1 aliphatic rings. The molecule has 0 saturated carbocycles. The average molecular weight is 419 g/mol. The van der Waals surface area contributed by atoms with Gasteiger partial charge in [-0.05, 0) is 65.2 Å². The predicted molar refractivity (Wildman–Crippen MR) is 114 cm³/mol. The van der Waals surface area contributed by atoms with E-state index in [0.29, 0.717) is 5.56 Å². The Morgan fingerprint density at radius 1 is 1.06 bits per heavy atom. The molecule has 7 nitrogen and oxygen atoms in total. The Balaban J connectivity index is 1.59. The number of benzene rings is 2. The lowest BCUT2D eigenvalue weighted by molar-refractivity contribution is 0.501. The average Bonchev–Trinajstić information content (AvgIpc) is 3.42. The van der Waals surface area contributed by atoms with Gasteiger partial charge in [0.25, 0.3) is 0 Å². The van der Waals surface area contributed by atoms with Gasteiger partial charge < -0.3 is 10.6 Å². The molecule has 0 atom stereocenters. The number of pyridine rings is 1. The van der Waals surface area contributed by atoms with E-state index in [0.717, 1.165) is 41.4 Å². The van der Waals surface area contributed by atoms with Crippen LogP contribution in [0.5, 0.6) is 0 Å². The minimum absolute atomic E-state index is 0.109. The molecule has 2 aromatic carbocycles. The lowest BCUT2D eigenvalue weighted by Crippen LogP contribution is -2.18. The maximum Gasteiger partial charge on any atom is 0.190 e. The van der Waals surface area contributed by atoms with E-state index in [1.54, 1.807) is 6.20 Å². The van der Waals surface area contributed by atoms with Crippen molar-refractivity contribution in [1.29, 1.82) is 0 Å². The zero-order valence-corrected chi connectivity index (χ0v) is 16.8. The van der Waals surface area contributed by atoms with Crippen molar-refractivity contribution in [1.82, 2.24) is 25.2 Å². The van der Waals surface area contributed by atoms with E-state index in [1.807, 2.05) is 12.1 Å². The number of halogens is 2. The fourth-order valence-corrected chi connectivity index (χ4v) is 3.96. The molecule has 0 saturated heterocycles. The van der Waals surface area contributed by atoms with Crippen LogP contribution in [0, 0.1) is 11.6 Å².